The number of aryl methyl sites for hydroxylation is 1. The number of aliphatic hydroxyl groups is 1. The van der Waals surface area contributed by atoms with E-state index in [1.54, 1.807) is 0 Å². The van der Waals surface area contributed by atoms with Gasteiger partial charge >= 0.3 is 6.18 Å². The third kappa shape index (κ3) is 3.65. The molecule has 0 aromatic carbocycles. The van der Waals surface area contributed by atoms with Gasteiger partial charge in [-0.05, 0) is 25.1 Å². The van der Waals surface area contributed by atoms with E-state index >= 15 is 0 Å². The zero-order chi connectivity index (χ0) is 18.0. The van der Waals surface area contributed by atoms with Crippen LogP contribution in [0.3, 0.4) is 0 Å². The molecule has 3 N–H and O–H groups in total. The zero-order valence-corrected chi connectivity index (χ0v) is 12.5. The lowest BCUT2D eigenvalue weighted by Crippen LogP contribution is -2.44. The summed E-state index contributed by atoms with van der Waals surface area (Å²) in [5.74, 6) is -1.22. The number of carbonyl (C=O) groups is 1. The van der Waals surface area contributed by atoms with Gasteiger partial charge in [0.15, 0.2) is 0 Å². The van der Waals surface area contributed by atoms with Crippen LogP contribution in [0.4, 0.5) is 13.2 Å². The average molecular weight is 345 g/mol. The molecule has 1 amide bonds. The number of carbonyl (C=O) groups excluding carboxylic acids is 1. The molecule has 0 spiro atoms. The first-order valence-electron chi connectivity index (χ1n) is 6.83. The van der Waals surface area contributed by atoms with E-state index in [9.17, 15) is 27.9 Å². The number of H-pyrrole nitrogens is 1. The molecule has 0 fully saturated rings. The van der Waals surface area contributed by atoms with Gasteiger partial charge in [-0.25, -0.2) is 5.10 Å². The van der Waals surface area contributed by atoms with Gasteiger partial charge < -0.3 is 14.8 Å². The van der Waals surface area contributed by atoms with Crippen molar-refractivity contribution in [2.75, 3.05) is 6.54 Å². The van der Waals surface area contributed by atoms with Crippen molar-refractivity contribution in [3.05, 3.63) is 51.8 Å². The van der Waals surface area contributed by atoms with E-state index in [1.165, 1.54) is 13.0 Å². The fraction of sp³-hybridized carbons (Fsp3) is 0.357. The maximum Gasteiger partial charge on any atom is 0.424 e. The number of aromatic nitrogens is 2. The lowest BCUT2D eigenvalue weighted by molar-refractivity contribution is -0.274. The van der Waals surface area contributed by atoms with Crippen molar-refractivity contribution in [3.63, 3.8) is 0 Å². The van der Waals surface area contributed by atoms with Crippen LogP contribution >= 0.6 is 0 Å². The number of rotatable bonds is 5. The minimum atomic E-state index is -4.99. The van der Waals surface area contributed by atoms with Crippen molar-refractivity contribution in [2.24, 2.45) is 0 Å². The molecule has 0 aliphatic heterocycles. The van der Waals surface area contributed by atoms with E-state index in [1.807, 2.05) is 5.10 Å². The second-order valence-electron chi connectivity index (χ2n) is 5.08. The summed E-state index contributed by atoms with van der Waals surface area (Å²) in [7, 11) is 0. The molecule has 0 unspecified atom stereocenters. The molecule has 24 heavy (non-hydrogen) atoms. The number of amides is 1. The van der Waals surface area contributed by atoms with Crippen LogP contribution in [0, 0.1) is 6.92 Å². The molecule has 130 valence electrons. The van der Waals surface area contributed by atoms with Crippen LogP contribution in [0.2, 0.25) is 0 Å². The molecule has 0 aliphatic rings. The Morgan fingerprint density at radius 1 is 1.33 bits per heavy atom. The Balaban J connectivity index is 2.07. The Hall–Kier alpha value is -2.62. The van der Waals surface area contributed by atoms with E-state index in [0.717, 1.165) is 18.2 Å². The summed E-state index contributed by atoms with van der Waals surface area (Å²) >= 11 is 0. The molecule has 0 radical (unpaired) electrons. The molecule has 0 aliphatic carbocycles. The number of halogens is 3. The largest absolute Gasteiger partial charge is 0.463 e. The quantitative estimate of drug-likeness (QED) is 0.756. The fourth-order valence-electron chi connectivity index (χ4n) is 1.98. The predicted molar refractivity (Wildman–Crippen MR) is 75.2 cm³/mol. The van der Waals surface area contributed by atoms with Crippen molar-refractivity contribution in [3.8, 4) is 0 Å². The number of alkyl halides is 3. The topological polar surface area (TPSA) is 108 Å². The van der Waals surface area contributed by atoms with Crippen molar-refractivity contribution < 1.29 is 27.5 Å². The highest BCUT2D eigenvalue weighted by Gasteiger charge is 2.56. The van der Waals surface area contributed by atoms with Crippen molar-refractivity contribution in [2.45, 2.75) is 25.1 Å². The summed E-state index contributed by atoms with van der Waals surface area (Å²) < 4.78 is 44.5. The maximum atomic E-state index is 13.2. The van der Waals surface area contributed by atoms with E-state index < -0.39 is 42.0 Å². The normalized spacial score (nSPS) is 14.2. The first-order chi connectivity index (χ1) is 11.1. The first-order valence-corrected chi connectivity index (χ1v) is 6.83. The number of hydrogen-bond donors (Lipinski definition) is 3. The Bertz CT molecular complexity index is 764. The summed E-state index contributed by atoms with van der Waals surface area (Å²) in [6, 6.07) is 4.52. The number of hydrogen-bond acceptors (Lipinski definition) is 5. The second-order valence-corrected chi connectivity index (χ2v) is 5.08. The van der Waals surface area contributed by atoms with Crippen LogP contribution in [0.25, 0.3) is 0 Å². The van der Waals surface area contributed by atoms with Crippen molar-refractivity contribution >= 4 is 5.91 Å². The Labute approximate surface area is 133 Å². The number of furan rings is 1. The first kappa shape index (κ1) is 17.7. The summed E-state index contributed by atoms with van der Waals surface area (Å²) in [5, 5.41) is 17.7. The molecule has 2 heterocycles. The standard InChI is InChI=1S/C14H14F3N3O4/c1-8-2-4-10(24-8)13(23,14(15,16)17)6-7-18-12(22)9-3-5-11(21)20-19-9/h2-5,23H,6-7H2,1H3,(H,18,22)(H,20,21)/t13-/m0/s1. The highest BCUT2D eigenvalue weighted by molar-refractivity contribution is 5.91. The monoisotopic (exact) mass is 345 g/mol. The Kier molecular flexibility index (Phi) is 4.78. The predicted octanol–water partition coefficient (Wildman–Crippen LogP) is 1.24. The molecule has 7 nitrogen and oxygen atoms in total. The summed E-state index contributed by atoms with van der Waals surface area (Å²) in [4.78, 5) is 22.6. The van der Waals surface area contributed by atoms with Gasteiger partial charge in [0.05, 0.1) is 0 Å². The molecular formula is C14H14F3N3O4. The van der Waals surface area contributed by atoms with E-state index in [0.29, 0.717) is 0 Å². The van der Waals surface area contributed by atoms with Gasteiger partial charge in [-0.15, -0.1) is 0 Å². The molecule has 2 aromatic heterocycles. The van der Waals surface area contributed by atoms with Crippen LogP contribution < -0.4 is 10.9 Å². The molecule has 2 aromatic rings. The second kappa shape index (κ2) is 6.48. The smallest absolute Gasteiger partial charge is 0.424 e. The van der Waals surface area contributed by atoms with Gasteiger partial charge in [0.2, 0.25) is 5.60 Å². The average Bonchev–Trinajstić information content (AvgIpc) is 2.93. The van der Waals surface area contributed by atoms with Gasteiger partial charge in [-0.3, -0.25) is 9.59 Å². The van der Waals surface area contributed by atoms with Crippen LogP contribution in [-0.4, -0.2) is 33.9 Å². The zero-order valence-electron chi connectivity index (χ0n) is 12.5. The lowest BCUT2D eigenvalue weighted by atomic mass is 9.95. The highest BCUT2D eigenvalue weighted by Crippen LogP contribution is 2.41. The molecule has 1 atom stereocenters. The van der Waals surface area contributed by atoms with Gasteiger partial charge in [-0.2, -0.15) is 18.3 Å². The number of nitrogens with one attached hydrogen (secondary N) is 2. The lowest BCUT2D eigenvalue weighted by Gasteiger charge is -2.28. The van der Waals surface area contributed by atoms with Crippen LogP contribution in [-0.2, 0) is 5.60 Å². The molecule has 0 bridgehead atoms. The molecule has 0 saturated carbocycles. The molecule has 0 saturated heterocycles. The van der Waals surface area contributed by atoms with Gasteiger partial charge in [0.25, 0.3) is 11.5 Å². The van der Waals surface area contributed by atoms with Gasteiger partial charge in [0, 0.05) is 19.0 Å². The van der Waals surface area contributed by atoms with E-state index in [-0.39, 0.29) is 11.5 Å². The van der Waals surface area contributed by atoms with Crippen LogP contribution in [0.15, 0.2) is 33.5 Å². The van der Waals surface area contributed by atoms with Gasteiger partial charge in [0.1, 0.15) is 17.2 Å². The Morgan fingerprint density at radius 3 is 2.54 bits per heavy atom. The van der Waals surface area contributed by atoms with Crippen LogP contribution in [0.1, 0.15) is 28.4 Å². The highest BCUT2D eigenvalue weighted by atomic mass is 19.4. The molecule has 2 rings (SSSR count). The number of aromatic amines is 1. The van der Waals surface area contributed by atoms with Crippen molar-refractivity contribution in [1.82, 2.24) is 15.5 Å². The Morgan fingerprint density at radius 2 is 2.04 bits per heavy atom. The van der Waals surface area contributed by atoms with Crippen LogP contribution in [0.5, 0.6) is 0 Å². The molecule has 10 heteroatoms. The minimum Gasteiger partial charge on any atom is -0.463 e. The fourth-order valence-corrected chi connectivity index (χ4v) is 1.98. The van der Waals surface area contributed by atoms with E-state index in [4.69, 9.17) is 4.42 Å². The van der Waals surface area contributed by atoms with E-state index in [2.05, 4.69) is 10.4 Å². The third-order valence-corrected chi connectivity index (χ3v) is 3.30. The summed E-state index contributed by atoms with van der Waals surface area (Å²) in [5.41, 5.74) is -3.92. The van der Waals surface area contributed by atoms with Crippen molar-refractivity contribution in [1.29, 1.82) is 0 Å². The molecular weight excluding hydrogens is 331 g/mol. The number of nitrogens with zero attached hydrogens (tertiary/aromatic N) is 1. The van der Waals surface area contributed by atoms with Gasteiger partial charge in [-0.1, -0.05) is 0 Å². The summed E-state index contributed by atoms with van der Waals surface area (Å²) in [6.45, 7) is 0.958. The maximum absolute atomic E-state index is 13.2. The minimum absolute atomic E-state index is 0.168. The summed E-state index contributed by atoms with van der Waals surface area (Å²) in [6.07, 6.45) is -5.84. The SMILES string of the molecule is Cc1ccc([C@@](O)(CCNC(=O)c2ccc(=O)[nH]n2)C(F)(F)F)o1. The third-order valence-electron chi connectivity index (χ3n) is 3.30.